The van der Waals surface area contributed by atoms with Crippen LogP contribution in [0.1, 0.15) is 5.56 Å². The summed E-state index contributed by atoms with van der Waals surface area (Å²) in [5, 5.41) is 10.6. The van der Waals surface area contributed by atoms with Gasteiger partial charge in [0.05, 0.1) is 6.42 Å². The monoisotopic (exact) mass is 225 g/mol. The van der Waals surface area contributed by atoms with Crippen LogP contribution in [-0.4, -0.2) is 23.5 Å². The van der Waals surface area contributed by atoms with Crippen molar-refractivity contribution in [1.82, 2.24) is 5.32 Å². The van der Waals surface area contributed by atoms with Crippen LogP contribution in [0.25, 0.3) is 0 Å². The zero-order valence-corrected chi connectivity index (χ0v) is 8.83. The number of carboxylic acid groups (broad SMARTS) is 1. The molecule has 1 rings (SSSR count). The van der Waals surface area contributed by atoms with Crippen molar-refractivity contribution in [3.63, 3.8) is 0 Å². The number of aliphatic carboxylic acids is 1. The number of benzene rings is 1. The second kappa shape index (κ2) is 5.41. The Bertz CT molecular complexity index is 379. The first-order chi connectivity index (χ1) is 7.09. The highest BCUT2D eigenvalue weighted by molar-refractivity contribution is 7.80. The van der Waals surface area contributed by atoms with E-state index in [4.69, 9.17) is 5.11 Å². The minimum Gasteiger partial charge on any atom is -0.480 e. The third kappa shape index (κ3) is 4.03. The molecule has 0 saturated carbocycles. The maximum atomic E-state index is 11.3. The molecule has 4 nitrogen and oxygen atoms in total. The van der Waals surface area contributed by atoms with Crippen molar-refractivity contribution in [1.29, 1.82) is 0 Å². The van der Waals surface area contributed by atoms with Crippen LogP contribution in [0.2, 0.25) is 0 Å². The van der Waals surface area contributed by atoms with Gasteiger partial charge in [-0.15, -0.1) is 12.6 Å². The number of thiol groups is 1. The lowest BCUT2D eigenvalue weighted by Gasteiger charge is -2.04. The first kappa shape index (κ1) is 11.6. The summed E-state index contributed by atoms with van der Waals surface area (Å²) in [5.41, 5.74) is 0.781. The van der Waals surface area contributed by atoms with Gasteiger partial charge in [0.15, 0.2) is 0 Å². The average Bonchev–Trinajstić information content (AvgIpc) is 2.18. The molecule has 15 heavy (non-hydrogen) atoms. The topological polar surface area (TPSA) is 66.4 Å². The number of amides is 1. The molecule has 0 aliphatic rings. The summed E-state index contributed by atoms with van der Waals surface area (Å²) in [6.45, 7) is -0.354. The smallest absolute Gasteiger partial charge is 0.322 e. The van der Waals surface area contributed by atoms with Gasteiger partial charge in [-0.3, -0.25) is 9.59 Å². The summed E-state index contributed by atoms with van der Waals surface area (Å²) in [7, 11) is 0. The number of carboxylic acids is 1. The Balaban J connectivity index is 2.52. The first-order valence-electron chi connectivity index (χ1n) is 4.35. The summed E-state index contributed by atoms with van der Waals surface area (Å²) in [5.74, 6) is -1.37. The third-order valence-electron chi connectivity index (χ3n) is 1.78. The molecular weight excluding hydrogens is 214 g/mol. The number of carbonyl (C=O) groups is 2. The quantitative estimate of drug-likeness (QED) is 0.661. The van der Waals surface area contributed by atoms with Crippen molar-refractivity contribution in [2.75, 3.05) is 6.54 Å². The molecule has 0 aromatic heterocycles. The molecule has 0 heterocycles. The van der Waals surface area contributed by atoms with Crippen LogP contribution >= 0.6 is 12.6 Å². The Morgan fingerprint density at radius 3 is 2.60 bits per heavy atom. The molecule has 80 valence electrons. The van der Waals surface area contributed by atoms with Crippen LogP contribution < -0.4 is 5.32 Å². The molecule has 0 bridgehead atoms. The van der Waals surface area contributed by atoms with Crippen molar-refractivity contribution in [3.05, 3.63) is 29.8 Å². The summed E-state index contributed by atoms with van der Waals surface area (Å²) >= 11 is 4.18. The summed E-state index contributed by atoms with van der Waals surface area (Å²) in [6, 6.07) is 7.19. The van der Waals surface area contributed by atoms with E-state index >= 15 is 0 Å². The van der Waals surface area contributed by atoms with E-state index in [2.05, 4.69) is 17.9 Å². The average molecular weight is 225 g/mol. The van der Waals surface area contributed by atoms with Crippen LogP contribution in [-0.2, 0) is 16.0 Å². The van der Waals surface area contributed by atoms with Gasteiger partial charge in [0.25, 0.3) is 0 Å². The molecule has 0 saturated heterocycles. The van der Waals surface area contributed by atoms with Gasteiger partial charge in [0, 0.05) is 4.90 Å². The van der Waals surface area contributed by atoms with E-state index in [0.717, 1.165) is 10.5 Å². The number of rotatable bonds is 4. The van der Waals surface area contributed by atoms with Gasteiger partial charge in [-0.05, 0) is 11.6 Å². The highest BCUT2D eigenvalue weighted by atomic mass is 32.1. The Hall–Kier alpha value is -1.49. The fraction of sp³-hybridized carbons (Fsp3) is 0.200. The van der Waals surface area contributed by atoms with E-state index in [1.54, 1.807) is 18.2 Å². The molecule has 0 spiro atoms. The van der Waals surface area contributed by atoms with Crippen molar-refractivity contribution in [2.24, 2.45) is 0 Å². The second-order valence-electron chi connectivity index (χ2n) is 2.98. The first-order valence-corrected chi connectivity index (χ1v) is 4.79. The number of hydrogen-bond acceptors (Lipinski definition) is 3. The van der Waals surface area contributed by atoms with Gasteiger partial charge in [-0.25, -0.2) is 0 Å². The van der Waals surface area contributed by atoms with Crippen molar-refractivity contribution < 1.29 is 14.7 Å². The lowest BCUT2D eigenvalue weighted by atomic mass is 10.1. The Kier molecular flexibility index (Phi) is 4.17. The Morgan fingerprint density at radius 1 is 1.33 bits per heavy atom. The fourth-order valence-corrected chi connectivity index (χ4v) is 1.31. The number of carbonyl (C=O) groups excluding carboxylic acids is 1. The molecule has 0 atom stereocenters. The Morgan fingerprint density at radius 2 is 2.00 bits per heavy atom. The largest absolute Gasteiger partial charge is 0.480 e. The van der Waals surface area contributed by atoms with Gasteiger partial charge in [-0.1, -0.05) is 18.2 Å². The molecule has 1 aromatic rings. The van der Waals surface area contributed by atoms with Crippen molar-refractivity contribution in [2.45, 2.75) is 11.3 Å². The summed E-state index contributed by atoms with van der Waals surface area (Å²) < 4.78 is 0. The van der Waals surface area contributed by atoms with Crippen molar-refractivity contribution >= 4 is 24.5 Å². The number of nitrogens with one attached hydrogen (secondary N) is 1. The molecule has 1 aromatic carbocycles. The summed E-state index contributed by atoms with van der Waals surface area (Å²) in [4.78, 5) is 22.2. The highest BCUT2D eigenvalue weighted by Crippen LogP contribution is 2.12. The van der Waals surface area contributed by atoms with Gasteiger partial charge >= 0.3 is 5.97 Å². The number of hydrogen-bond donors (Lipinski definition) is 3. The van der Waals surface area contributed by atoms with E-state index < -0.39 is 5.97 Å². The van der Waals surface area contributed by atoms with Crippen LogP contribution in [0.3, 0.4) is 0 Å². The summed E-state index contributed by atoms with van der Waals surface area (Å²) in [6.07, 6.45) is 0.146. The van der Waals surface area contributed by atoms with E-state index in [1.165, 1.54) is 0 Å². The predicted molar refractivity (Wildman–Crippen MR) is 58.0 cm³/mol. The molecular formula is C10H11NO3S. The molecule has 0 fully saturated rings. The minimum atomic E-state index is -1.05. The molecule has 0 radical (unpaired) electrons. The van der Waals surface area contributed by atoms with E-state index in [9.17, 15) is 9.59 Å². The van der Waals surface area contributed by atoms with Gasteiger partial charge in [-0.2, -0.15) is 0 Å². The van der Waals surface area contributed by atoms with Crippen molar-refractivity contribution in [3.8, 4) is 0 Å². The zero-order valence-electron chi connectivity index (χ0n) is 7.93. The fourth-order valence-electron chi connectivity index (χ4n) is 1.07. The van der Waals surface area contributed by atoms with Gasteiger partial charge < -0.3 is 10.4 Å². The van der Waals surface area contributed by atoms with E-state index in [0.29, 0.717) is 0 Å². The second-order valence-corrected chi connectivity index (χ2v) is 3.46. The SMILES string of the molecule is O=C(O)CNC(=O)Cc1ccccc1S. The normalized spacial score (nSPS) is 9.67. The standard InChI is InChI=1S/C10H11NO3S/c12-9(11-6-10(13)14)5-7-3-1-2-4-8(7)15/h1-4,15H,5-6H2,(H,11,12)(H,13,14). The van der Waals surface area contributed by atoms with E-state index in [1.807, 2.05) is 6.07 Å². The minimum absolute atomic E-state index is 0.146. The van der Waals surface area contributed by atoms with Crippen LogP contribution in [0.5, 0.6) is 0 Å². The maximum Gasteiger partial charge on any atom is 0.322 e. The lowest BCUT2D eigenvalue weighted by Crippen LogP contribution is -2.30. The molecule has 1 amide bonds. The van der Waals surface area contributed by atoms with Crippen LogP contribution in [0.15, 0.2) is 29.2 Å². The van der Waals surface area contributed by atoms with Crippen LogP contribution in [0.4, 0.5) is 0 Å². The maximum absolute atomic E-state index is 11.3. The highest BCUT2D eigenvalue weighted by Gasteiger charge is 2.06. The lowest BCUT2D eigenvalue weighted by molar-refractivity contribution is -0.137. The molecule has 0 aliphatic carbocycles. The third-order valence-corrected chi connectivity index (χ3v) is 2.22. The van der Waals surface area contributed by atoms with E-state index in [-0.39, 0.29) is 18.9 Å². The molecule has 5 heteroatoms. The predicted octanol–water partition coefficient (Wildman–Crippen LogP) is 0.719. The zero-order chi connectivity index (χ0) is 11.3. The Labute approximate surface area is 92.7 Å². The molecule has 0 aliphatic heterocycles. The van der Waals surface area contributed by atoms with Gasteiger partial charge in [0.1, 0.15) is 6.54 Å². The molecule has 2 N–H and O–H groups in total. The van der Waals surface area contributed by atoms with Gasteiger partial charge in [0.2, 0.25) is 5.91 Å². The van der Waals surface area contributed by atoms with Crippen LogP contribution in [0, 0.1) is 0 Å². The molecule has 0 unspecified atom stereocenters.